The zero-order valence-corrected chi connectivity index (χ0v) is 11.3. The number of nitrogens with zero attached hydrogens (tertiary/aromatic N) is 2. The van der Waals surface area contributed by atoms with Gasteiger partial charge >= 0.3 is 0 Å². The van der Waals surface area contributed by atoms with Crippen molar-refractivity contribution in [1.82, 2.24) is 15.1 Å². The number of aromatic nitrogens is 2. The van der Waals surface area contributed by atoms with Gasteiger partial charge in [-0.3, -0.25) is 9.48 Å². The Morgan fingerprint density at radius 3 is 3.00 bits per heavy atom. The molecule has 0 aliphatic heterocycles. The summed E-state index contributed by atoms with van der Waals surface area (Å²) in [7, 11) is 1.76. The number of nitrogens with two attached hydrogens (primary N) is 1. The molecule has 2 aromatic rings. The molecule has 19 heavy (non-hydrogen) atoms. The summed E-state index contributed by atoms with van der Waals surface area (Å²) in [5.74, 6) is -0.331. The number of nitrogens with one attached hydrogen (secondary N) is 1. The molecule has 0 aliphatic rings. The van der Waals surface area contributed by atoms with Crippen molar-refractivity contribution >= 4 is 17.2 Å². The third-order valence-electron chi connectivity index (χ3n) is 2.76. The Balaban J connectivity index is 1.87. The predicted molar refractivity (Wildman–Crippen MR) is 72.4 cm³/mol. The lowest BCUT2D eigenvalue weighted by Gasteiger charge is -2.13. The van der Waals surface area contributed by atoms with Crippen LogP contribution in [0.25, 0.3) is 0 Å². The summed E-state index contributed by atoms with van der Waals surface area (Å²) in [5, 5.41) is 20.2. The number of hydrogen-bond acceptors (Lipinski definition) is 5. The van der Waals surface area contributed by atoms with Crippen LogP contribution in [0, 0.1) is 0 Å². The van der Waals surface area contributed by atoms with E-state index in [4.69, 9.17) is 5.73 Å². The summed E-state index contributed by atoms with van der Waals surface area (Å²) in [6, 6.07) is 1.05. The van der Waals surface area contributed by atoms with Crippen LogP contribution in [0.3, 0.4) is 0 Å². The molecule has 7 heteroatoms. The molecule has 0 fully saturated rings. The fourth-order valence-corrected chi connectivity index (χ4v) is 2.35. The van der Waals surface area contributed by atoms with E-state index in [0.717, 1.165) is 5.56 Å². The smallest absolute Gasteiger partial charge is 0.241 e. The van der Waals surface area contributed by atoms with Gasteiger partial charge in [0.15, 0.2) is 0 Å². The van der Waals surface area contributed by atoms with Crippen LogP contribution in [0.4, 0.5) is 0 Å². The largest absolute Gasteiger partial charge is 0.387 e. The predicted octanol–water partition coefficient (Wildman–Crippen LogP) is 0.331. The summed E-state index contributed by atoms with van der Waals surface area (Å²) in [4.78, 5) is 11.8. The molecule has 0 saturated carbocycles. The molecule has 2 rings (SSSR count). The standard InChI is InChI=1S/C12H16N4O2S/c1-16-6-9(4-15-16)11(13)12(18)14-5-10(17)8-2-3-19-7-8/h2-4,6-7,10-11,17H,5,13H2,1H3,(H,14,18). The van der Waals surface area contributed by atoms with E-state index in [1.54, 1.807) is 24.1 Å². The molecule has 0 bridgehead atoms. The zero-order valence-electron chi connectivity index (χ0n) is 10.5. The van der Waals surface area contributed by atoms with Crippen LogP contribution in [0.1, 0.15) is 23.3 Å². The Labute approximate surface area is 114 Å². The van der Waals surface area contributed by atoms with Gasteiger partial charge < -0.3 is 16.2 Å². The van der Waals surface area contributed by atoms with Crippen molar-refractivity contribution in [3.8, 4) is 0 Å². The van der Waals surface area contributed by atoms with E-state index in [9.17, 15) is 9.90 Å². The highest BCUT2D eigenvalue weighted by molar-refractivity contribution is 7.07. The van der Waals surface area contributed by atoms with Gasteiger partial charge in [0, 0.05) is 25.4 Å². The topological polar surface area (TPSA) is 93.2 Å². The van der Waals surface area contributed by atoms with Gasteiger partial charge in [-0.05, 0) is 22.4 Å². The molecule has 0 aliphatic carbocycles. The molecular formula is C12H16N4O2S. The minimum Gasteiger partial charge on any atom is -0.387 e. The van der Waals surface area contributed by atoms with Crippen molar-refractivity contribution in [2.45, 2.75) is 12.1 Å². The van der Waals surface area contributed by atoms with E-state index in [-0.39, 0.29) is 12.5 Å². The number of carbonyl (C=O) groups excluding carboxylic acids is 1. The maximum atomic E-state index is 11.8. The Morgan fingerprint density at radius 1 is 1.63 bits per heavy atom. The highest BCUT2D eigenvalue weighted by Crippen LogP contribution is 2.15. The molecule has 102 valence electrons. The Hall–Kier alpha value is -1.70. The van der Waals surface area contributed by atoms with Gasteiger partial charge in [0.2, 0.25) is 5.91 Å². The maximum Gasteiger partial charge on any atom is 0.241 e. The average Bonchev–Trinajstić information content (AvgIpc) is 3.05. The third kappa shape index (κ3) is 3.40. The maximum absolute atomic E-state index is 11.8. The molecule has 0 radical (unpaired) electrons. The monoisotopic (exact) mass is 280 g/mol. The number of thiophene rings is 1. The normalized spacial score (nSPS) is 14.1. The summed E-state index contributed by atoms with van der Waals surface area (Å²) < 4.78 is 1.59. The fraction of sp³-hybridized carbons (Fsp3) is 0.333. The summed E-state index contributed by atoms with van der Waals surface area (Å²) >= 11 is 1.50. The van der Waals surface area contributed by atoms with Crippen LogP contribution in [0.2, 0.25) is 0 Å². The first kappa shape index (κ1) is 13.7. The van der Waals surface area contributed by atoms with E-state index in [2.05, 4.69) is 10.4 Å². The second-order valence-electron chi connectivity index (χ2n) is 4.24. The van der Waals surface area contributed by atoms with Crippen LogP contribution in [0.5, 0.6) is 0 Å². The molecule has 0 aromatic carbocycles. The number of carbonyl (C=O) groups is 1. The molecule has 2 atom stereocenters. The van der Waals surface area contributed by atoms with Crippen molar-refractivity contribution in [2.24, 2.45) is 12.8 Å². The van der Waals surface area contributed by atoms with Crippen LogP contribution in [-0.2, 0) is 11.8 Å². The second-order valence-corrected chi connectivity index (χ2v) is 5.02. The van der Waals surface area contributed by atoms with Crippen molar-refractivity contribution < 1.29 is 9.90 Å². The van der Waals surface area contributed by atoms with Crippen LogP contribution < -0.4 is 11.1 Å². The molecule has 2 heterocycles. The molecular weight excluding hydrogens is 264 g/mol. The quantitative estimate of drug-likeness (QED) is 0.736. The van der Waals surface area contributed by atoms with Crippen molar-refractivity contribution in [1.29, 1.82) is 0 Å². The molecule has 0 saturated heterocycles. The third-order valence-corrected chi connectivity index (χ3v) is 3.47. The van der Waals surface area contributed by atoms with E-state index >= 15 is 0 Å². The van der Waals surface area contributed by atoms with Gasteiger partial charge in [0.1, 0.15) is 6.04 Å². The van der Waals surface area contributed by atoms with Crippen LogP contribution in [0.15, 0.2) is 29.2 Å². The first-order chi connectivity index (χ1) is 9.08. The number of aryl methyl sites for hydroxylation is 1. The molecule has 0 spiro atoms. The molecule has 2 unspecified atom stereocenters. The minimum atomic E-state index is -0.775. The van der Waals surface area contributed by atoms with Gasteiger partial charge in [0.25, 0.3) is 0 Å². The first-order valence-corrected chi connectivity index (χ1v) is 6.74. The lowest BCUT2D eigenvalue weighted by atomic mass is 10.1. The summed E-state index contributed by atoms with van der Waals surface area (Å²) in [5.41, 5.74) is 7.25. The highest BCUT2D eigenvalue weighted by Gasteiger charge is 2.18. The lowest BCUT2D eigenvalue weighted by molar-refractivity contribution is -0.122. The van der Waals surface area contributed by atoms with Gasteiger partial charge in [-0.15, -0.1) is 0 Å². The molecule has 6 nitrogen and oxygen atoms in total. The van der Waals surface area contributed by atoms with Gasteiger partial charge in [0.05, 0.1) is 12.3 Å². The molecule has 1 amide bonds. The van der Waals surface area contributed by atoms with Crippen molar-refractivity contribution in [2.75, 3.05) is 6.54 Å². The number of aliphatic hydroxyl groups excluding tert-OH is 1. The van der Waals surface area contributed by atoms with E-state index in [1.165, 1.54) is 11.3 Å². The Kier molecular flexibility index (Phi) is 4.31. The SMILES string of the molecule is Cn1cc(C(N)C(=O)NCC(O)c2ccsc2)cn1. The number of aliphatic hydroxyl groups is 1. The lowest BCUT2D eigenvalue weighted by Crippen LogP contribution is -2.36. The Morgan fingerprint density at radius 2 is 2.42 bits per heavy atom. The van der Waals surface area contributed by atoms with Gasteiger partial charge in [-0.1, -0.05) is 0 Å². The minimum absolute atomic E-state index is 0.142. The van der Waals surface area contributed by atoms with Crippen molar-refractivity contribution in [3.63, 3.8) is 0 Å². The second kappa shape index (κ2) is 5.96. The molecule has 4 N–H and O–H groups in total. The number of amides is 1. The van der Waals surface area contributed by atoms with Gasteiger partial charge in [-0.2, -0.15) is 16.4 Å². The zero-order chi connectivity index (χ0) is 13.8. The Bertz CT molecular complexity index is 538. The summed E-state index contributed by atoms with van der Waals surface area (Å²) in [6.07, 6.45) is 2.54. The van der Waals surface area contributed by atoms with E-state index in [0.29, 0.717) is 5.56 Å². The summed E-state index contributed by atoms with van der Waals surface area (Å²) in [6.45, 7) is 0.142. The number of hydrogen-bond donors (Lipinski definition) is 3. The van der Waals surface area contributed by atoms with Crippen LogP contribution >= 0.6 is 11.3 Å². The van der Waals surface area contributed by atoms with Crippen molar-refractivity contribution in [3.05, 3.63) is 40.3 Å². The number of rotatable bonds is 5. The molecule has 2 aromatic heterocycles. The average molecular weight is 280 g/mol. The van der Waals surface area contributed by atoms with Crippen LogP contribution in [-0.4, -0.2) is 27.3 Å². The fourth-order valence-electron chi connectivity index (χ4n) is 1.64. The van der Waals surface area contributed by atoms with Gasteiger partial charge in [-0.25, -0.2) is 0 Å². The van der Waals surface area contributed by atoms with E-state index in [1.807, 2.05) is 16.8 Å². The first-order valence-electron chi connectivity index (χ1n) is 5.80. The van der Waals surface area contributed by atoms with E-state index < -0.39 is 12.1 Å². The highest BCUT2D eigenvalue weighted by atomic mass is 32.1.